The first-order valence-corrected chi connectivity index (χ1v) is 4.52. The molecule has 0 spiro atoms. The monoisotopic (exact) mass is 207 g/mol. The molecule has 0 fully saturated rings. The van der Waals surface area contributed by atoms with Gasteiger partial charge in [-0.1, -0.05) is 0 Å². The number of aromatic nitrogens is 1. The Morgan fingerprint density at radius 1 is 1.53 bits per heavy atom. The maximum atomic E-state index is 9.63. The van der Waals surface area contributed by atoms with Crippen LogP contribution < -0.4 is 5.73 Å². The zero-order chi connectivity index (χ0) is 11.4. The molecule has 5 nitrogen and oxygen atoms in total. The molecule has 1 heterocycles. The van der Waals surface area contributed by atoms with Crippen molar-refractivity contribution >= 4 is 5.69 Å². The number of pyridine rings is 1. The third kappa shape index (κ3) is 2.65. The van der Waals surface area contributed by atoms with Gasteiger partial charge in [-0.05, 0) is 19.1 Å². The third-order valence-electron chi connectivity index (χ3n) is 2.12. The van der Waals surface area contributed by atoms with Crippen molar-refractivity contribution < 1.29 is 10.2 Å². The van der Waals surface area contributed by atoms with Crippen LogP contribution in [0.2, 0.25) is 0 Å². The van der Waals surface area contributed by atoms with Gasteiger partial charge in [-0.15, -0.1) is 0 Å². The highest BCUT2D eigenvalue weighted by Crippen LogP contribution is 2.19. The van der Waals surface area contributed by atoms with Crippen LogP contribution >= 0.6 is 0 Å². The van der Waals surface area contributed by atoms with E-state index in [1.54, 1.807) is 19.1 Å². The van der Waals surface area contributed by atoms with E-state index >= 15 is 0 Å². The first-order chi connectivity index (χ1) is 7.06. The number of nitrogens with zero attached hydrogens (tertiary/aromatic N) is 2. The third-order valence-corrected chi connectivity index (χ3v) is 2.12. The zero-order valence-corrected chi connectivity index (χ0v) is 8.38. The van der Waals surface area contributed by atoms with Crippen molar-refractivity contribution in [2.24, 2.45) is 0 Å². The SMILES string of the molecule is Cc1nc(C(O)C(O)CC#N)ccc1N. The number of aliphatic hydroxyl groups excluding tert-OH is 2. The van der Waals surface area contributed by atoms with Gasteiger partial charge in [0.1, 0.15) is 6.10 Å². The molecule has 2 atom stereocenters. The quantitative estimate of drug-likeness (QED) is 0.660. The van der Waals surface area contributed by atoms with Crippen molar-refractivity contribution in [1.29, 1.82) is 5.26 Å². The molecule has 0 aliphatic heterocycles. The maximum Gasteiger partial charge on any atom is 0.123 e. The fourth-order valence-corrected chi connectivity index (χ4v) is 1.16. The molecule has 0 saturated heterocycles. The average molecular weight is 207 g/mol. The summed E-state index contributed by atoms with van der Waals surface area (Å²) in [4.78, 5) is 4.03. The summed E-state index contributed by atoms with van der Waals surface area (Å²) in [6.45, 7) is 1.71. The van der Waals surface area contributed by atoms with Crippen molar-refractivity contribution in [3.63, 3.8) is 0 Å². The molecule has 0 saturated carbocycles. The molecular formula is C10H13N3O2. The van der Waals surface area contributed by atoms with Gasteiger partial charge in [-0.2, -0.15) is 5.26 Å². The maximum absolute atomic E-state index is 9.63. The van der Waals surface area contributed by atoms with E-state index in [9.17, 15) is 10.2 Å². The van der Waals surface area contributed by atoms with Crippen molar-refractivity contribution in [3.05, 3.63) is 23.5 Å². The Hall–Kier alpha value is -1.64. The molecule has 0 bridgehead atoms. The smallest absolute Gasteiger partial charge is 0.123 e. The second-order valence-corrected chi connectivity index (χ2v) is 3.29. The summed E-state index contributed by atoms with van der Waals surface area (Å²) in [6, 6.07) is 4.93. The van der Waals surface area contributed by atoms with Crippen molar-refractivity contribution in [3.8, 4) is 6.07 Å². The van der Waals surface area contributed by atoms with Gasteiger partial charge in [-0.3, -0.25) is 4.98 Å². The van der Waals surface area contributed by atoms with Crippen LogP contribution in [-0.2, 0) is 0 Å². The van der Waals surface area contributed by atoms with Gasteiger partial charge in [0, 0.05) is 0 Å². The summed E-state index contributed by atoms with van der Waals surface area (Å²) >= 11 is 0. The molecule has 0 aliphatic carbocycles. The lowest BCUT2D eigenvalue weighted by atomic mass is 10.1. The summed E-state index contributed by atoms with van der Waals surface area (Å²) in [7, 11) is 0. The minimum atomic E-state index is -1.15. The van der Waals surface area contributed by atoms with Gasteiger partial charge < -0.3 is 15.9 Å². The molecule has 2 unspecified atom stereocenters. The lowest BCUT2D eigenvalue weighted by Crippen LogP contribution is -2.19. The van der Waals surface area contributed by atoms with Crippen LogP contribution in [-0.4, -0.2) is 21.3 Å². The van der Waals surface area contributed by atoms with Gasteiger partial charge in [0.15, 0.2) is 0 Å². The Balaban J connectivity index is 2.87. The van der Waals surface area contributed by atoms with E-state index in [1.165, 1.54) is 6.07 Å². The molecule has 0 aliphatic rings. The summed E-state index contributed by atoms with van der Waals surface area (Å²) in [5, 5.41) is 27.4. The van der Waals surface area contributed by atoms with E-state index in [0.29, 0.717) is 17.1 Å². The fraction of sp³-hybridized carbons (Fsp3) is 0.400. The lowest BCUT2D eigenvalue weighted by Gasteiger charge is -2.15. The minimum Gasteiger partial charge on any atom is -0.397 e. The fourth-order valence-electron chi connectivity index (χ4n) is 1.16. The van der Waals surface area contributed by atoms with E-state index in [1.807, 2.05) is 0 Å². The number of nitriles is 1. The van der Waals surface area contributed by atoms with Crippen molar-refractivity contribution in [2.75, 3.05) is 5.73 Å². The van der Waals surface area contributed by atoms with Gasteiger partial charge in [0.2, 0.25) is 0 Å². The van der Waals surface area contributed by atoms with Crippen molar-refractivity contribution in [1.82, 2.24) is 4.98 Å². The minimum absolute atomic E-state index is 0.133. The van der Waals surface area contributed by atoms with Gasteiger partial charge in [0.25, 0.3) is 0 Å². The van der Waals surface area contributed by atoms with Gasteiger partial charge >= 0.3 is 0 Å². The second kappa shape index (κ2) is 4.73. The highest BCUT2D eigenvalue weighted by Gasteiger charge is 2.19. The van der Waals surface area contributed by atoms with E-state index in [2.05, 4.69) is 4.98 Å². The Morgan fingerprint density at radius 3 is 2.73 bits per heavy atom. The van der Waals surface area contributed by atoms with E-state index in [-0.39, 0.29) is 6.42 Å². The zero-order valence-electron chi connectivity index (χ0n) is 8.38. The average Bonchev–Trinajstić information content (AvgIpc) is 2.21. The summed E-state index contributed by atoms with van der Waals surface area (Å²) in [5.41, 5.74) is 7.01. The molecule has 0 amide bonds. The standard InChI is InChI=1S/C10H13N3O2/c1-6-7(12)2-3-8(13-6)10(15)9(14)4-5-11/h2-3,9-10,14-15H,4,12H2,1H3. The van der Waals surface area contributed by atoms with Crippen LogP contribution in [0.1, 0.15) is 23.9 Å². The highest BCUT2D eigenvalue weighted by molar-refractivity contribution is 5.42. The number of nitrogens with two attached hydrogens (primary N) is 1. The van der Waals surface area contributed by atoms with Crippen LogP contribution in [0.4, 0.5) is 5.69 Å². The molecule has 0 aromatic carbocycles. The predicted molar refractivity (Wildman–Crippen MR) is 54.6 cm³/mol. The molecule has 1 aromatic rings. The summed E-state index contributed by atoms with van der Waals surface area (Å²) < 4.78 is 0. The summed E-state index contributed by atoms with van der Waals surface area (Å²) in [5.74, 6) is 0. The molecule has 1 aromatic heterocycles. The van der Waals surface area contributed by atoms with E-state index in [0.717, 1.165) is 0 Å². The lowest BCUT2D eigenvalue weighted by molar-refractivity contribution is 0.0190. The molecule has 0 radical (unpaired) electrons. The molecule has 4 N–H and O–H groups in total. The topological polar surface area (TPSA) is 103 Å². The second-order valence-electron chi connectivity index (χ2n) is 3.29. The molecule has 5 heteroatoms. The first kappa shape index (κ1) is 11.4. The normalized spacial score (nSPS) is 14.3. The van der Waals surface area contributed by atoms with E-state index < -0.39 is 12.2 Å². The number of aliphatic hydroxyl groups is 2. The van der Waals surface area contributed by atoms with Crippen LogP contribution in [0.5, 0.6) is 0 Å². The molecule has 80 valence electrons. The van der Waals surface area contributed by atoms with Crippen molar-refractivity contribution in [2.45, 2.75) is 25.6 Å². The Morgan fingerprint density at radius 2 is 2.20 bits per heavy atom. The first-order valence-electron chi connectivity index (χ1n) is 4.52. The summed E-state index contributed by atoms with van der Waals surface area (Å²) in [6.07, 6.45) is -2.40. The van der Waals surface area contributed by atoms with Crippen LogP contribution in [0, 0.1) is 18.3 Å². The number of rotatable bonds is 3. The van der Waals surface area contributed by atoms with Crippen LogP contribution in [0.25, 0.3) is 0 Å². The van der Waals surface area contributed by atoms with E-state index in [4.69, 9.17) is 11.0 Å². The number of nitrogen functional groups attached to an aromatic ring is 1. The Bertz CT molecular complexity index is 387. The molecule has 1 rings (SSSR count). The van der Waals surface area contributed by atoms with Gasteiger partial charge in [-0.25, -0.2) is 0 Å². The number of hydrogen-bond acceptors (Lipinski definition) is 5. The van der Waals surface area contributed by atoms with Crippen LogP contribution in [0.15, 0.2) is 12.1 Å². The predicted octanol–water partition coefficient (Wildman–Crippen LogP) is 0.280. The molecule has 15 heavy (non-hydrogen) atoms. The molecular weight excluding hydrogens is 194 g/mol. The van der Waals surface area contributed by atoms with Gasteiger partial charge in [0.05, 0.1) is 35.7 Å². The number of aryl methyl sites for hydroxylation is 1. The number of anilines is 1. The Kier molecular flexibility index (Phi) is 3.61. The Labute approximate surface area is 87.8 Å². The van der Waals surface area contributed by atoms with Crippen LogP contribution in [0.3, 0.4) is 0 Å². The highest BCUT2D eigenvalue weighted by atomic mass is 16.3. The number of hydrogen-bond donors (Lipinski definition) is 3. The largest absolute Gasteiger partial charge is 0.397 e.